The molecule has 0 aliphatic heterocycles. The predicted octanol–water partition coefficient (Wildman–Crippen LogP) is 3.10. The van der Waals surface area contributed by atoms with Crippen molar-refractivity contribution in [1.82, 2.24) is 4.57 Å². The molecule has 0 fully saturated rings. The van der Waals surface area contributed by atoms with Gasteiger partial charge in [0.05, 0.1) is 0 Å². The highest BCUT2D eigenvalue weighted by atomic mass is 15.0. The van der Waals surface area contributed by atoms with Gasteiger partial charge in [0.15, 0.2) is 0 Å². The van der Waals surface area contributed by atoms with Crippen LogP contribution < -0.4 is 5.73 Å². The van der Waals surface area contributed by atoms with Crippen LogP contribution in [0, 0.1) is 13.8 Å². The standard InChI is InChI=1S/C12H22N2/c1-6-12(13)11-7-9(4)14(8(2)3)10(11)5/h7-8,12H,6,13H2,1-5H3. The zero-order valence-corrected chi connectivity index (χ0v) is 9.96. The molecule has 0 aliphatic carbocycles. The Morgan fingerprint density at radius 1 is 1.36 bits per heavy atom. The van der Waals surface area contributed by atoms with Crippen LogP contribution in [0.25, 0.3) is 0 Å². The van der Waals surface area contributed by atoms with Crippen LogP contribution in [-0.4, -0.2) is 4.57 Å². The van der Waals surface area contributed by atoms with Crippen molar-refractivity contribution in [3.8, 4) is 0 Å². The molecule has 0 amide bonds. The van der Waals surface area contributed by atoms with Crippen molar-refractivity contribution in [3.05, 3.63) is 23.0 Å². The first-order chi connectivity index (χ1) is 6.49. The first kappa shape index (κ1) is 11.3. The SMILES string of the molecule is CCC(N)c1cc(C)n(C(C)C)c1C. The maximum absolute atomic E-state index is 6.06. The molecule has 0 aromatic carbocycles. The second-order valence-electron chi connectivity index (χ2n) is 4.30. The molecule has 1 rings (SSSR count). The van der Waals surface area contributed by atoms with Gasteiger partial charge in [0, 0.05) is 23.5 Å². The molecule has 0 saturated carbocycles. The summed E-state index contributed by atoms with van der Waals surface area (Å²) in [5.74, 6) is 0. The lowest BCUT2D eigenvalue weighted by Crippen LogP contribution is -2.11. The summed E-state index contributed by atoms with van der Waals surface area (Å²) in [6.07, 6.45) is 1.00. The molecule has 1 heterocycles. The first-order valence-electron chi connectivity index (χ1n) is 5.42. The Bertz CT molecular complexity index is 310. The minimum Gasteiger partial charge on any atom is -0.346 e. The first-order valence-corrected chi connectivity index (χ1v) is 5.42. The van der Waals surface area contributed by atoms with Crippen LogP contribution in [0.3, 0.4) is 0 Å². The minimum absolute atomic E-state index is 0.189. The average Bonchev–Trinajstić information content (AvgIpc) is 2.40. The van der Waals surface area contributed by atoms with E-state index in [4.69, 9.17) is 5.73 Å². The van der Waals surface area contributed by atoms with E-state index < -0.39 is 0 Å². The number of hydrogen-bond acceptors (Lipinski definition) is 1. The summed E-state index contributed by atoms with van der Waals surface area (Å²) in [7, 11) is 0. The average molecular weight is 194 g/mol. The summed E-state index contributed by atoms with van der Waals surface area (Å²) < 4.78 is 2.35. The summed E-state index contributed by atoms with van der Waals surface area (Å²) in [4.78, 5) is 0. The van der Waals surface area contributed by atoms with Gasteiger partial charge in [-0.3, -0.25) is 0 Å². The summed E-state index contributed by atoms with van der Waals surface area (Å²) >= 11 is 0. The zero-order chi connectivity index (χ0) is 10.9. The van der Waals surface area contributed by atoms with Crippen LogP contribution in [-0.2, 0) is 0 Å². The number of nitrogens with two attached hydrogens (primary N) is 1. The number of hydrogen-bond donors (Lipinski definition) is 1. The van der Waals surface area contributed by atoms with Crippen LogP contribution in [0.4, 0.5) is 0 Å². The van der Waals surface area contributed by atoms with Gasteiger partial charge in [-0.2, -0.15) is 0 Å². The van der Waals surface area contributed by atoms with Gasteiger partial charge >= 0.3 is 0 Å². The lowest BCUT2D eigenvalue weighted by molar-refractivity contribution is 0.568. The van der Waals surface area contributed by atoms with Gasteiger partial charge in [0.25, 0.3) is 0 Å². The molecule has 0 bridgehead atoms. The summed E-state index contributed by atoms with van der Waals surface area (Å²) in [5, 5.41) is 0. The second kappa shape index (κ2) is 4.18. The zero-order valence-electron chi connectivity index (χ0n) is 9.96. The number of rotatable bonds is 3. The molecule has 0 radical (unpaired) electrons. The molecule has 1 atom stereocenters. The van der Waals surface area contributed by atoms with Crippen LogP contribution >= 0.6 is 0 Å². The van der Waals surface area contributed by atoms with E-state index in [9.17, 15) is 0 Å². The van der Waals surface area contributed by atoms with Crippen molar-refractivity contribution in [2.45, 2.75) is 53.1 Å². The fraction of sp³-hybridized carbons (Fsp3) is 0.667. The van der Waals surface area contributed by atoms with Gasteiger partial charge in [-0.15, -0.1) is 0 Å². The molecule has 1 aromatic heterocycles. The van der Waals surface area contributed by atoms with Gasteiger partial charge in [-0.25, -0.2) is 0 Å². The molecule has 2 N–H and O–H groups in total. The van der Waals surface area contributed by atoms with Crippen LogP contribution in [0.5, 0.6) is 0 Å². The van der Waals surface area contributed by atoms with Crippen LogP contribution in [0.15, 0.2) is 6.07 Å². The van der Waals surface area contributed by atoms with Crippen molar-refractivity contribution < 1.29 is 0 Å². The van der Waals surface area contributed by atoms with E-state index in [1.807, 2.05) is 0 Å². The normalized spacial score (nSPS) is 13.6. The van der Waals surface area contributed by atoms with Gasteiger partial charge < -0.3 is 10.3 Å². The highest BCUT2D eigenvalue weighted by Crippen LogP contribution is 2.25. The maximum atomic E-state index is 6.06. The predicted molar refractivity (Wildman–Crippen MR) is 61.5 cm³/mol. The lowest BCUT2D eigenvalue weighted by atomic mass is 10.1. The quantitative estimate of drug-likeness (QED) is 0.787. The van der Waals surface area contributed by atoms with Gasteiger partial charge in [-0.1, -0.05) is 6.92 Å². The third kappa shape index (κ3) is 1.85. The molecular formula is C12H22N2. The molecule has 1 aromatic rings. The van der Waals surface area contributed by atoms with Gasteiger partial charge in [0.1, 0.15) is 0 Å². The summed E-state index contributed by atoms with van der Waals surface area (Å²) in [5.41, 5.74) is 10.0. The second-order valence-corrected chi connectivity index (χ2v) is 4.30. The van der Waals surface area contributed by atoms with Crippen molar-refractivity contribution in [2.24, 2.45) is 5.73 Å². The molecule has 14 heavy (non-hydrogen) atoms. The Morgan fingerprint density at radius 3 is 2.29 bits per heavy atom. The Labute approximate surface area is 87.1 Å². The number of nitrogens with zero attached hydrogens (tertiary/aromatic N) is 1. The smallest absolute Gasteiger partial charge is 0.0310 e. The Balaban J connectivity index is 3.16. The van der Waals surface area contributed by atoms with E-state index in [0.29, 0.717) is 6.04 Å². The van der Waals surface area contributed by atoms with E-state index in [2.05, 4.69) is 45.3 Å². The Morgan fingerprint density at radius 2 is 1.93 bits per heavy atom. The molecule has 80 valence electrons. The molecule has 0 spiro atoms. The van der Waals surface area contributed by atoms with Crippen LogP contribution in [0.2, 0.25) is 0 Å². The fourth-order valence-corrected chi connectivity index (χ4v) is 2.19. The highest BCUT2D eigenvalue weighted by Gasteiger charge is 2.14. The minimum atomic E-state index is 0.189. The van der Waals surface area contributed by atoms with E-state index in [1.165, 1.54) is 17.0 Å². The van der Waals surface area contributed by atoms with Crippen LogP contribution in [0.1, 0.15) is 56.2 Å². The third-order valence-electron chi connectivity index (χ3n) is 2.88. The van der Waals surface area contributed by atoms with Crippen molar-refractivity contribution in [3.63, 3.8) is 0 Å². The van der Waals surface area contributed by atoms with Crippen molar-refractivity contribution in [1.29, 1.82) is 0 Å². The molecular weight excluding hydrogens is 172 g/mol. The molecule has 2 nitrogen and oxygen atoms in total. The van der Waals surface area contributed by atoms with Gasteiger partial charge in [-0.05, 0) is 45.7 Å². The Hall–Kier alpha value is -0.760. The van der Waals surface area contributed by atoms with Gasteiger partial charge in [0.2, 0.25) is 0 Å². The molecule has 0 saturated heterocycles. The largest absolute Gasteiger partial charge is 0.346 e. The maximum Gasteiger partial charge on any atom is 0.0310 e. The van der Waals surface area contributed by atoms with Crippen molar-refractivity contribution >= 4 is 0 Å². The molecule has 1 unspecified atom stereocenters. The van der Waals surface area contributed by atoms with Crippen molar-refractivity contribution in [2.75, 3.05) is 0 Å². The topological polar surface area (TPSA) is 30.9 Å². The Kier molecular flexibility index (Phi) is 3.38. The number of aryl methyl sites for hydroxylation is 1. The molecule has 2 heteroatoms. The van der Waals surface area contributed by atoms with E-state index in [-0.39, 0.29) is 6.04 Å². The number of aromatic nitrogens is 1. The summed E-state index contributed by atoms with van der Waals surface area (Å²) in [6, 6.07) is 2.94. The van der Waals surface area contributed by atoms with E-state index in [0.717, 1.165) is 6.42 Å². The lowest BCUT2D eigenvalue weighted by Gasteiger charge is -2.15. The fourth-order valence-electron chi connectivity index (χ4n) is 2.19. The third-order valence-corrected chi connectivity index (χ3v) is 2.88. The monoisotopic (exact) mass is 194 g/mol. The molecule has 0 aliphatic rings. The van der Waals surface area contributed by atoms with E-state index in [1.54, 1.807) is 0 Å². The summed E-state index contributed by atoms with van der Waals surface area (Å²) in [6.45, 7) is 10.9. The van der Waals surface area contributed by atoms with E-state index >= 15 is 0 Å². The highest BCUT2D eigenvalue weighted by molar-refractivity contribution is 5.30.